The highest BCUT2D eigenvalue weighted by Crippen LogP contribution is 1.95. The molecule has 0 aliphatic carbocycles. The summed E-state index contributed by atoms with van der Waals surface area (Å²) in [4.78, 5) is 10.3. The number of rotatable bonds is 7. The van der Waals surface area contributed by atoms with Gasteiger partial charge in [0.1, 0.15) is 11.6 Å². The fourth-order valence-electron chi connectivity index (χ4n) is 0.712. The lowest BCUT2D eigenvalue weighted by Crippen LogP contribution is -2.03. The smallest absolute Gasteiger partial charge is 0.346 e. The summed E-state index contributed by atoms with van der Waals surface area (Å²) < 4.78 is 9.82. The van der Waals surface area contributed by atoms with Crippen molar-refractivity contribution in [1.29, 1.82) is 5.26 Å². The van der Waals surface area contributed by atoms with Crippen molar-refractivity contribution in [2.45, 2.75) is 6.42 Å². The average Bonchev–Trinajstić information content (AvgIpc) is 2.16. The molecule has 0 aromatic rings. The Morgan fingerprint density at radius 3 is 2.71 bits per heavy atom. The number of carboxylic acid groups (broad SMARTS) is 1. The maximum Gasteiger partial charge on any atom is 0.346 e. The van der Waals surface area contributed by atoms with Gasteiger partial charge in [-0.05, 0) is 6.42 Å². The minimum Gasteiger partial charge on any atom is -0.477 e. The van der Waals surface area contributed by atoms with Gasteiger partial charge in [0.2, 0.25) is 0 Å². The van der Waals surface area contributed by atoms with Gasteiger partial charge in [-0.25, -0.2) is 4.79 Å². The van der Waals surface area contributed by atoms with Crippen LogP contribution in [0.5, 0.6) is 0 Å². The molecular formula is C9H13NO4. The molecule has 0 aromatic carbocycles. The summed E-state index contributed by atoms with van der Waals surface area (Å²) in [5.74, 6) is -1.20. The molecule has 1 N–H and O–H groups in total. The fourth-order valence-corrected chi connectivity index (χ4v) is 0.712. The second-order valence-electron chi connectivity index (χ2n) is 2.43. The van der Waals surface area contributed by atoms with Crippen LogP contribution >= 0.6 is 0 Å². The van der Waals surface area contributed by atoms with Gasteiger partial charge in [0, 0.05) is 7.11 Å². The Morgan fingerprint density at radius 1 is 1.50 bits per heavy atom. The molecule has 0 aliphatic heterocycles. The van der Waals surface area contributed by atoms with E-state index in [0.717, 1.165) is 0 Å². The molecule has 0 atom stereocenters. The van der Waals surface area contributed by atoms with Crippen molar-refractivity contribution < 1.29 is 19.4 Å². The quantitative estimate of drug-likeness (QED) is 0.368. The standard InChI is InChI=1S/C9H13NO4/c1-13-5-6-14-4-2-3-8(7-10)9(11)12/h3H,2,4-6H2,1H3,(H,11,12). The molecule has 5 heteroatoms. The van der Waals surface area contributed by atoms with Crippen molar-refractivity contribution in [1.82, 2.24) is 0 Å². The Kier molecular flexibility index (Phi) is 7.42. The lowest BCUT2D eigenvalue weighted by atomic mass is 10.2. The van der Waals surface area contributed by atoms with E-state index < -0.39 is 5.97 Å². The highest BCUT2D eigenvalue weighted by Gasteiger charge is 2.03. The number of ether oxygens (including phenoxy) is 2. The van der Waals surface area contributed by atoms with E-state index in [0.29, 0.717) is 26.2 Å². The number of aliphatic carboxylic acids is 1. The molecular weight excluding hydrogens is 186 g/mol. The predicted molar refractivity (Wildman–Crippen MR) is 48.6 cm³/mol. The van der Waals surface area contributed by atoms with E-state index in [2.05, 4.69) is 0 Å². The van der Waals surface area contributed by atoms with E-state index in [9.17, 15) is 4.79 Å². The molecule has 0 aliphatic rings. The molecule has 0 amide bonds. The second-order valence-corrected chi connectivity index (χ2v) is 2.43. The first-order chi connectivity index (χ1) is 6.72. The van der Waals surface area contributed by atoms with Crippen LogP contribution in [-0.4, -0.2) is 38.0 Å². The number of nitriles is 1. The molecule has 0 spiro atoms. The number of nitrogens with zero attached hydrogens (tertiary/aromatic N) is 1. The zero-order valence-corrected chi connectivity index (χ0v) is 8.02. The van der Waals surface area contributed by atoms with E-state index >= 15 is 0 Å². The summed E-state index contributed by atoms with van der Waals surface area (Å²) in [6.07, 6.45) is 1.76. The predicted octanol–water partition coefficient (Wildman–Crippen LogP) is 0.574. The van der Waals surface area contributed by atoms with Crippen molar-refractivity contribution in [2.75, 3.05) is 26.9 Å². The molecule has 0 aromatic heterocycles. The SMILES string of the molecule is COCCOCCC=C(C#N)C(=O)O. The lowest BCUT2D eigenvalue weighted by Gasteiger charge is -2.00. The number of hydrogen-bond donors (Lipinski definition) is 1. The van der Waals surface area contributed by atoms with Gasteiger partial charge < -0.3 is 14.6 Å². The maximum absolute atomic E-state index is 10.3. The third-order valence-corrected chi connectivity index (χ3v) is 1.39. The molecule has 0 saturated carbocycles. The topological polar surface area (TPSA) is 79.5 Å². The molecule has 0 saturated heterocycles. The maximum atomic E-state index is 10.3. The van der Waals surface area contributed by atoms with Crippen molar-refractivity contribution >= 4 is 5.97 Å². The zero-order valence-electron chi connectivity index (χ0n) is 8.02. The normalized spacial score (nSPS) is 11.0. The second kappa shape index (κ2) is 8.23. The van der Waals surface area contributed by atoms with Crippen LogP contribution in [0.15, 0.2) is 11.6 Å². The van der Waals surface area contributed by atoms with Crippen LogP contribution in [0.3, 0.4) is 0 Å². The lowest BCUT2D eigenvalue weighted by molar-refractivity contribution is -0.132. The Hall–Kier alpha value is -1.38. The van der Waals surface area contributed by atoms with Crippen LogP contribution in [-0.2, 0) is 14.3 Å². The Morgan fingerprint density at radius 2 is 2.21 bits per heavy atom. The highest BCUT2D eigenvalue weighted by atomic mass is 16.5. The molecule has 0 radical (unpaired) electrons. The van der Waals surface area contributed by atoms with E-state index in [4.69, 9.17) is 19.8 Å². The van der Waals surface area contributed by atoms with Crippen molar-refractivity contribution in [3.05, 3.63) is 11.6 Å². The third-order valence-electron chi connectivity index (χ3n) is 1.39. The van der Waals surface area contributed by atoms with Crippen molar-refractivity contribution in [3.8, 4) is 6.07 Å². The Balaban J connectivity index is 3.60. The Bertz CT molecular complexity index is 242. The first-order valence-electron chi connectivity index (χ1n) is 4.12. The van der Waals surface area contributed by atoms with E-state index in [1.54, 1.807) is 13.2 Å². The molecule has 14 heavy (non-hydrogen) atoms. The third kappa shape index (κ3) is 6.17. The summed E-state index contributed by atoms with van der Waals surface area (Å²) in [7, 11) is 1.57. The van der Waals surface area contributed by atoms with E-state index in [1.165, 1.54) is 6.08 Å². The van der Waals surface area contributed by atoms with Gasteiger partial charge in [0.25, 0.3) is 0 Å². The summed E-state index contributed by atoms with van der Waals surface area (Å²) in [6, 6.07) is 1.58. The number of carboxylic acids is 1. The highest BCUT2D eigenvalue weighted by molar-refractivity contribution is 5.90. The Labute approximate surface area is 82.5 Å². The molecule has 0 heterocycles. The van der Waals surface area contributed by atoms with Gasteiger partial charge in [-0.1, -0.05) is 6.08 Å². The van der Waals surface area contributed by atoms with Gasteiger partial charge in [-0.15, -0.1) is 0 Å². The largest absolute Gasteiger partial charge is 0.477 e. The van der Waals surface area contributed by atoms with E-state index in [1.807, 2.05) is 0 Å². The average molecular weight is 199 g/mol. The summed E-state index contributed by atoms with van der Waals surface area (Å²) in [5, 5.41) is 16.8. The van der Waals surface area contributed by atoms with Crippen LogP contribution in [0.25, 0.3) is 0 Å². The summed E-state index contributed by atoms with van der Waals surface area (Å²) in [6.45, 7) is 1.37. The summed E-state index contributed by atoms with van der Waals surface area (Å²) >= 11 is 0. The first kappa shape index (κ1) is 12.6. The molecule has 5 nitrogen and oxygen atoms in total. The molecule has 78 valence electrons. The van der Waals surface area contributed by atoms with Crippen LogP contribution in [0.2, 0.25) is 0 Å². The first-order valence-corrected chi connectivity index (χ1v) is 4.12. The van der Waals surface area contributed by atoms with Gasteiger partial charge in [0.05, 0.1) is 19.8 Å². The van der Waals surface area contributed by atoms with Gasteiger partial charge in [-0.3, -0.25) is 0 Å². The van der Waals surface area contributed by atoms with Crippen molar-refractivity contribution in [3.63, 3.8) is 0 Å². The van der Waals surface area contributed by atoms with Crippen LogP contribution in [0, 0.1) is 11.3 Å². The van der Waals surface area contributed by atoms with Gasteiger partial charge in [0.15, 0.2) is 0 Å². The molecule has 0 unspecified atom stereocenters. The molecule has 0 bridgehead atoms. The van der Waals surface area contributed by atoms with E-state index in [-0.39, 0.29) is 5.57 Å². The molecule has 0 fully saturated rings. The van der Waals surface area contributed by atoms with Gasteiger partial charge in [-0.2, -0.15) is 5.26 Å². The summed E-state index contributed by atoms with van der Waals surface area (Å²) in [5.41, 5.74) is -0.250. The van der Waals surface area contributed by atoms with Crippen LogP contribution in [0.4, 0.5) is 0 Å². The minimum atomic E-state index is -1.20. The number of hydrogen-bond acceptors (Lipinski definition) is 4. The fraction of sp³-hybridized carbons (Fsp3) is 0.556. The number of methoxy groups -OCH3 is 1. The van der Waals surface area contributed by atoms with Crippen LogP contribution in [0.1, 0.15) is 6.42 Å². The zero-order chi connectivity index (χ0) is 10.8. The van der Waals surface area contributed by atoms with Gasteiger partial charge >= 0.3 is 5.97 Å². The number of carbonyl (C=O) groups is 1. The monoisotopic (exact) mass is 199 g/mol. The van der Waals surface area contributed by atoms with Crippen LogP contribution < -0.4 is 0 Å². The molecule has 0 rings (SSSR count). The minimum absolute atomic E-state index is 0.250. The van der Waals surface area contributed by atoms with Crippen molar-refractivity contribution in [2.24, 2.45) is 0 Å².